The van der Waals surface area contributed by atoms with Crippen molar-refractivity contribution in [3.05, 3.63) is 81.3 Å². The molecule has 28 heavy (non-hydrogen) atoms. The van der Waals surface area contributed by atoms with E-state index in [1.807, 2.05) is 12.1 Å². The van der Waals surface area contributed by atoms with Gasteiger partial charge in [-0.15, -0.1) is 11.3 Å². The Bertz CT molecular complexity index is 1350. The lowest BCUT2D eigenvalue weighted by atomic mass is 10.2. The van der Waals surface area contributed by atoms with E-state index in [1.165, 1.54) is 17.4 Å². The average molecular weight is 389 g/mol. The van der Waals surface area contributed by atoms with Crippen molar-refractivity contribution in [2.75, 3.05) is 0 Å². The minimum absolute atomic E-state index is 0.199. The van der Waals surface area contributed by atoms with E-state index in [0.29, 0.717) is 32.7 Å². The van der Waals surface area contributed by atoms with Crippen molar-refractivity contribution in [3.8, 4) is 17.2 Å². The maximum Gasteiger partial charge on any atom is 0.353 e. The minimum Gasteiger partial charge on any atom is -0.436 e. The van der Waals surface area contributed by atoms with Gasteiger partial charge in [0.25, 0.3) is 0 Å². The fourth-order valence-corrected chi connectivity index (χ4v) is 3.44. The predicted octanol–water partition coefficient (Wildman–Crippen LogP) is 4.88. The van der Waals surface area contributed by atoms with Gasteiger partial charge in [-0.25, -0.2) is 14.6 Å². The van der Waals surface area contributed by atoms with Gasteiger partial charge in [0.1, 0.15) is 27.3 Å². The lowest BCUT2D eigenvalue weighted by molar-refractivity contribution is 0.0740. The summed E-state index contributed by atoms with van der Waals surface area (Å²) >= 11 is 1.29. The second kappa shape index (κ2) is 6.47. The molecular formula is C21H11NO5S. The van der Waals surface area contributed by atoms with Gasteiger partial charge < -0.3 is 13.6 Å². The van der Waals surface area contributed by atoms with Gasteiger partial charge in [-0.2, -0.15) is 0 Å². The largest absolute Gasteiger partial charge is 0.436 e. The molecule has 7 heteroatoms. The molecule has 2 aromatic carbocycles. The Kier molecular flexibility index (Phi) is 3.80. The van der Waals surface area contributed by atoms with E-state index in [0.717, 1.165) is 0 Å². The summed E-state index contributed by atoms with van der Waals surface area (Å²) in [5.41, 5.74) is 1.20. The highest BCUT2D eigenvalue weighted by Crippen LogP contribution is 2.27. The first kappa shape index (κ1) is 16.5. The smallest absolute Gasteiger partial charge is 0.353 e. The minimum atomic E-state index is -0.583. The van der Waals surface area contributed by atoms with E-state index in [9.17, 15) is 9.59 Å². The van der Waals surface area contributed by atoms with Gasteiger partial charge in [-0.1, -0.05) is 18.2 Å². The van der Waals surface area contributed by atoms with Gasteiger partial charge in [-0.3, -0.25) is 0 Å². The Morgan fingerprint density at radius 3 is 2.68 bits per heavy atom. The molecule has 0 atom stereocenters. The zero-order chi connectivity index (χ0) is 19.1. The van der Waals surface area contributed by atoms with E-state index < -0.39 is 11.6 Å². The number of oxazole rings is 1. The van der Waals surface area contributed by atoms with Crippen molar-refractivity contribution in [2.45, 2.75) is 0 Å². The molecule has 0 amide bonds. The van der Waals surface area contributed by atoms with Crippen LogP contribution < -0.4 is 10.4 Å². The lowest BCUT2D eigenvalue weighted by Crippen LogP contribution is -2.06. The maximum absolute atomic E-state index is 12.5. The molecule has 0 bridgehead atoms. The highest BCUT2D eigenvalue weighted by molar-refractivity contribution is 7.12. The van der Waals surface area contributed by atoms with E-state index in [4.69, 9.17) is 13.6 Å². The predicted molar refractivity (Wildman–Crippen MR) is 105 cm³/mol. The van der Waals surface area contributed by atoms with Crippen LogP contribution in [0.1, 0.15) is 9.67 Å². The molecule has 0 aliphatic carbocycles. The van der Waals surface area contributed by atoms with Gasteiger partial charge in [0, 0.05) is 11.5 Å². The number of ether oxygens (including phenoxy) is 1. The van der Waals surface area contributed by atoms with Crippen molar-refractivity contribution in [3.63, 3.8) is 0 Å². The summed E-state index contributed by atoms with van der Waals surface area (Å²) in [7, 11) is 0. The van der Waals surface area contributed by atoms with Crippen LogP contribution in [-0.2, 0) is 0 Å². The van der Waals surface area contributed by atoms with Gasteiger partial charge in [0.15, 0.2) is 5.58 Å². The van der Waals surface area contributed by atoms with Gasteiger partial charge in [0.2, 0.25) is 5.89 Å². The molecule has 5 aromatic rings. The molecular weight excluding hydrogens is 378 g/mol. The van der Waals surface area contributed by atoms with E-state index in [-0.39, 0.29) is 11.5 Å². The molecule has 3 aromatic heterocycles. The van der Waals surface area contributed by atoms with Crippen LogP contribution in [0.25, 0.3) is 33.5 Å². The summed E-state index contributed by atoms with van der Waals surface area (Å²) in [5.74, 6) is 0.0357. The molecule has 0 fully saturated rings. The van der Waals surface area contributed by atoms with Crippen LogP contribution in [0, 0.1) is 0 Å². The lowest BCUT2D eigenvalue weighted by Gasteiger charge is -2.04. The van der Waals surface area contributed by atoms with E-state index in [2.05, 4.69) is 4.98 Å². The Morgan fingerprint density at radius 1 is 0.964 bits per heavy atom. The Hall–Kier alpha value is -3.71. The summed E-state index contributed by atoms with van der Waals surface area (Å²) in [6.07, 6.45) is 0. The number of nitrogens with zero attached hydrogens (tertiary/aromatic N) is 1. The fraction of sp³-hybridized carbons (Fsp3) is 0. The van der Waals surface area contributed by atoms with Crippen LogP contribution in [0.15, 0.2) is 79.7 Å². The Labute approximate surface area is 161 Å². The first-order valence-corrected chi connectivity index (χ1v) is 9.25. The number of benzene rings is 2. The molecule has 6 nitrogen and oxygen atoms in total. The highest BCUT2D eigenvalue weighted by atomic mass is 32.1. The number of rotatable bonds is 3. The summed E-state index contributed by atoms with van der Waals surface area (Å²) in [4.78, 5) is 29.4. The molecule has 136 valence electrons. The zero-order valence-electron chi connectivity index (χ0n) is 14.2. The highest BCUT2D eigenvalue weighted by Gasteiger charge is 2.16. The van der Waals surface area contributed by atoms with Crippen LogP contribution in [0.2, 0.25) is 0 Å². The summed E-state index contributed by atoms with van der Waals surface area (Å²) < 4.78 is 16.4. The van der Waals surface area contributed by atoms with Crippen molar-refractivity contribution in [1.82, 2.24) is 4.98 Å². The molecule has 0 saturated heterocycles. The number of hydrogen-bond acceptors (Lipinski definition) is 7. The van der Waals surface area contributed by atoms with Crippen LogP contribution >= 0.6 is 11.3 Å². The topological polar surface area (TPSA) is 82.5 Å². The SMILES string of the molecule is O=C(Oc1ccc2cc(-c3nc4ccccc4o3)c(=O)oc2c1)c1cccs1. The monoisotopic (exact) mass is 389 g/mol. The Balaban J connectivity index is 1.52. The first-order chi connectivity index (χ1) is 13.7. The van der Waals surface area contributed by atoms with Gasteiger partial charge in [-0.05, 0) is 41.8 Å². The third-order valence-corrected chi connectivity index (χ3v) is 5.01. The van der Waals surface area contributed by atoms with Crippen molar-refractivity contribution in [2.24, 2.45) is 0 Å². The van der Waals surface area contributed by atoms with E-state index >= 15 is 0 Å². The molecule has 3 heterocycles. The number of carbonyl (C=O) groups is 1. The van der Waals surface area contributed by atoms with Crippen LogP contribution in [0.4, 0.5) is 0 Å². The van der Waals surface area contributed by atoms with Crippen molar-refractivity contribution < 1.29 is 18.4 Å². The normalized spacial score (nSPS) is 11.1. The number of hydrogen-bond donors (Lipinski definition) is 0. The average Bonchev–Trinajstić information content (AvgIpc) is 3.37. The van der Waals surface area contributed by atoms with Gasteiger partial charge >= 0.3 is 11.6 Å². The fourth-order valence-electron chi connectivity index (χ4n) is 2.84. The van der Waals surface area contributed by atoms with Crippen LogP contribution in [-0.4, -0.2) is 11.0 Å². The van der Waals surface area contributed by atoms with Crippen molar-refractivity contribution in [1.29, 1.82) is 0 Å². The quantitative estimate of drug-likeness (QED) is 0.248. The molecule has 0 unspecified atom stereocenters. The second-order valence-corrected chi connectivity index (χ2v) is 6.95. The first-order valence-electron chi connectivity index (χ1n) is 8.37. The molecule has 0 spiro atoms. The number of fused-ring (bicyclic) bond motifs is 2. The number of aromatic nitrogens is 1. The number of esters is 1. The summed E-state index contributed by atoms with van der Waals surface area (Å²) in [5, 5.41) is 2.46. The summed E-state index contributed by atoms with van der Waals surface area (Å²) in [6.45, 7) is 0. The maximum atomic E-state index is 12.5. The second-order valence-electron chi connectivity index (χ2n) is 6.00. The van der Waals surface area contributed by atoms with Gasteiger partial charge in [0.05, 0.1) is 0 Å². The van der Waals surface area contributed by atoms with E-state index in [1.54, 1.807) is 47.8 Å². The number of para-hydroxylation sites is 2. The molecule has 0 radical (unpaired) electrons. The van der Waals surface area contributed by atoms with Crippen LogP contribution in [0.5, 0.6) is 5.75 Å². The zero-order valence-corrected chi connectivity index (χ0v) is 15.1. The standard InChI is InChI=1S/C21H11NO5S/c23-20-14(19-22-15-4-1-2-5-16(15)26-19)10-12-7-8-13(11-17(12)27-20)25-21(24)18-6-3-9-28-18/h1-11H. The number of thiophene rings is 1. The molecule has 0 aliphatic rings. The van der Waals surface area contributed by atoms with Crippen molar-refractivity contribution >= 4 is 39.4 Å². The molecule has 0 N–H and O–H groups in total. The Morgan fingerprint density at radius 2 is 1.86 bits per heavy atom. The number of carbonyl (C=O) groups excluding carboxylic acids is 1. The summed E-state index contributed by atoms with van der Waals surface area (Å²) in [6, 6.07) is 17.2. The third-order valence-electron chi connectivity index (χ3n) is 4.16. The third kappa shape index (κ3) is 2.87. The molecule has 5 rings (SSSR count). The van der Waals surface area contributed by atoms with Crippen LogP contribution in [0.3, 0.4) is 0 Å². The molecule has 0 aliphatic heterocycles. The molecule has 0 saturated carbocycles.